The summed E-state index contributed by atoms with van der Waals surface area (Å²) in [5.74, 6) is 1.83. The van der Waals surface area contributed by atoms with Gasteiger partial charge in [0.05, 0.1) is 23.9 Å². The molecule has 2 aromatic carbocycles. The third kappa shape index (κ3) is 5.13. The monoisotopic (exact) mass is 498 g/mol. The summed E-state index contributed by atoms with van der Waals surface area (Å²) < 4.78 is 29.6. The number of rotatable bonds is 7. The van der Waals surface area contributed by atoms with Crippen LogP contribution in [0.3, 0.4) is 0 Å². The predicted molar refractivity (Wildman–Crippen MR) is 133 cm³/mol. The molecule has 0 aliphatic carbocycles. The number of aromatic amines is 1. The molecule has 0 atom stereocenters. The smallest absolute Gasteiger partial charge is 0.229 e. The van der Waals surface area contributed by atoms with Crippen LogP contribution in [0.25, 0.3) is 11.1 Å². The first-order valence-corrected chi connectivity index (χ1v) is 12.5. The number of H-pyrrole nitrogens is 1. The van der Waals surface area contributed by atoms with Crippen LogP contribution in [-0.4, -0.2) is 41.9 Å². The summed E-state index contributed by atoms with van der Waals surface area (Å²) in [5, 5.41) is 13.6. The van der Waals surface area contributed by atoms with E-state index in [2.05, 4.69) is 30.8 Å². The molecule has 0 saturated carbocycles. The topological polar surface area (TPSA) is 122 Å². The lowest BCUT2D eigenvalue weighted by Crippen LogP contribution is -2.03. The van der Waals surface area contributed by atoms with Gasteiger partial charge in [0.2, 0.25) is 5.95 Å². The Labute approximate surface area is 202 Å². The van der Waals surface area contributed by atoms with Gasteiger partial charge in [-0.3, -0.25) is 5.10 Å². The number of aryl methyl sites for hydroxylation is 2. The Bertz CT molecular complexity index is 1470. The zero-order valence-corrected chi connectivity index (χ0v) is 20.5. The van der Waals surface area contributed by atoms with Gasteiger partial charge < -0.3 is 15.4 Å². The lowest BCUT2D eigenvalue weighted by atomic mass is 9.99. The molecule has 4 aromatic rings. The zero-order valence-electron chi connectivity index (χ0n) is 19.0. The largest absolute Gasteiger partial charge is 0.495 e. The van der Waals surface area contributed by atoms with Crippen LogP contribution >= 0.6 is 11.6 Å². The first kappa shape index (κ1) is 23.5. The van der Waals surface area contributed by atoms with E-state index in [1.54, 1.807) is 25.3 Å². The first-order valence-electron chi connectivity index (χ1n) is 10.2. The Morgan fingerprint density at radius 3 is 2.56 bits per heavy atom. The Kier molecular flexibility index (Phi) is 6.45. The molecule has 11 heteroatoms. The average molecular weight is 499 g/mol. The van der Waals surface area contributed by atoms with Crippen molar-refractivity contribution >= 4 is 44.7 Å². The maximum atomic E-state index is 12.0. The predicted octanol–water partition coefficient (Wildman–Crippen LogP) is 5.04. The Balaban J connectivity index is 1.66. The van der Waals surface area contributed by atoms with Gasteiger partial charge in [-0.2, -0.15) is 10.1 Å². The average Bonchev–Trinajstić information content (AvgIpc) is 3.20. The van der Waals surface area contributed by atoms with Gasteiger partial charge in [-0.15, -0.1) is 0 Å². The summed E-state index contributed by atoms with van der Waals surface area (Å²) in [5.41, 5.74) is 4.07. The number of ether oxygens (including phenoxy) is 1. The molecule has 3 N–H and O–H groups in total. The van der Waals surface area contributed by atoms with E-state index in [0.717, 1.165) is 22.4 Å². The Hall–Kier alpha value is -3.63. The van der Waals surface area contributed by atoms with Gasteiger partial charge in [-0.05, 0) is 54.8 Å². The molecular weight excluding hydrogens is 476 g/mol. The highest BCUT2D eigenvalue weighted by atomic mass is 35.5. The fraction of sp³-hybridized carbons (Fsp3) is 0.174. The summed E-state index contributed by atoms with van der Waals surface area (Å²) in [6.45, 7) is 3.82. The number of nitrogens with zero attached hydrogens (tertiary/aromatic N) is 3. The quantitative estimate of drug-likeness (QED) is 0.324. The van der Waals surface area contributed by atoms with Crippen molar-refractivity contribution in [3.8, 4) is 16.9 Å². The molecule has 0 aliphatic rings. The van der Waals surface area contributed by atoms with Crippen molar-refractivity contribution < 1.29 is 13.2 Å². The van der Waals surface area contributed by atoms with Crippen molar-refractivity contribution in [2.45, 2.75) is 18.7 Å². The molecule has 0 bridgehead atoms. The number of aromatic nitrogens is 4. The third-order valence-corrected chi connectivity index (χ3v) is 6.45. The number of sulfone groups is 1. The second-order valence-electron chi connectivity index (χ2n) is 7.74. The summed E-state index contributed by atoms with van der Waals surface area (Å²) in [4.78, 5) is 8.97. The van der Waals surface area contributed by atoms with Gasteiger partial charge in [0.15, 0.2) is 21.5 Å². The molecule has 0 fully saturated rings. The highest BCUT2D eigenvalue weighted by Gasteiger charge is 2.15. The number of methoxy groups -OCH3 is 1. The summed E-state index contributed by atoms with van der Waals surface area (Å²) in [6, 6.07) is 12.4. The summed E-state index contributed by atoms with van der Waals surface area (Å²) in [6.07, 6.45) is 2.68. The van der Waals surface area contributed by atoms with Crippen LogP contribution in [0.4, 0.5) is 23.3 Å². The minimum absolute atomic E-state index is 0.257. The highest BCUT2D eigenvalue weighted by molar-refractivity contribution is 7.90. The van der Waals surface area contributed by atoms with Crippen molar-refractivity contribution in [2.24, 2.45) is 0 Å². The molecule has 176 valence electrons. The maximum absolute atomic E-state index is 12.0. The van der Waals surface area contributed by atoms with Crippen LogP contribution in [-0.2, 0) is 9.84 Å². The van der Waals surface area contributed by atoms with Gasteiger partial charge in [-0.1, -0.05) is 23.7 Å². The van der Waals surface area contributed by atoms with Gasteiger partial charge in [0.25, 0.3) is 0 Å². The van der Waals surface area contributed by atoms with Crippen molar-refractivity contribution in [3.05, 3.63) is 64.9 Å². The van der Waals surface area contributed by atoms with Crippen LogP contribution < -0.4 is 15.4 Å². The lowest BCUT2D eigenvalue weighted by Gasteiger charge is -2.16. The minimum Gasteiger partial charge on any atom is -0.495 e. The van der Waals surface area contributed by atoms with Crippen LogP contribution in [0.15, 0.2) is 53.6 Å². The second-order valence-corrected chi connectivity index (χ2v) is 10.2. The molecule has 34 heavy (non-hydrogen) atoms. The molecule has 0 amide bonds. The van der Waals surface area contributed by atoms with Crippen molar-refractivity contribution in [3.63, 3.8) is 0 Å². The van der Waals surface area contributed by atoms with Crippen LogP contribution in [0.2, 0.25) is 5.02 Å². The normalized spacial score (nSPS) is 11.3. The first-order chi connectivity index (χ1) is 16.1. The zero-order chi connectivity index (χ0) is 24.5. The fourth-order valence-corrected chi connectivity index (χ4v) is 4.20. The van der Waals surface area contributed by atoms with Crippen molar-refractivity contribution in [1.82, 2.24) is 20.2 Å². The SMILES string of the molecule is COc1cc(-c2cccc(S(C)(=O)=O)c2)c(C)cc1Nc1ncc(Cl)c(Nc2cc(C)[nH]n2)n1. The van der Waals surface area contributed by atoms with E-state index < -0.39 is 9.84 Å². The van der Waals surface area contributed by atoms with Crippen LogP contribution in [0.1, 0.15) is 11.3 Å². The number of halogens is 1. The van der Waals surface area contributed by atoms with Crippen LogP contribution in [0, 0.1) is 13.8 Å². The van der Waals surface area contributed by atoms with Gasteiger partial charge in [0, 0.05) is 18.0 Å². The number of nitrogens with one attached hydrogen (secondary N) is 3. The van der Waals surface area contributed by atoms with E-state index in [1.165, 1.54) is 12.5 Å². The summed E-state index contributed by atoms with van der Waals surface area (Å²) in [7, 11) is -1.77. The van der Waals surface area contributed by atoms with Gasteiger partial charge >= 0.3 is 0 Å². The van der Waals surface area contributed by atoms with Crippen molar-refractivity contribution in [2.75, 3.05) is 24.0 Å². The van der Waals surface area contributed by atoms with E-state index in [0.29, 0.717) is 34.0 Å². The third-order valence-electron chi connectivity index (χ3n) is 5.06. The van der Waals surface area contributed by atoms with E-state index in [1.807, 2.05) is 38.1 Å². The molecule has 0 radical (unpaired) electrons. The van der Waals surface area contributed by atoms with Crippen molar-refractivity contribution in [1.29, 1.82) is 0 Å². The van der Waals surface area contributed by atoms with E-state index >= 15 is 0 Å². The van der Waals surface area contributed by atoms with E-state index in [9.17, 15) is 8.42 Å². The molecule has 4 rings (SSSR count). The molecule has 0 unspecified atom stereocenters. The lowest BCUT2D eigenvalue weighted by molar-refractivity contribution is 0.417. The van der Waals surface area contributed by atoms with E-state index in [4.69, 9.17) is 16.3 Å². The molecular formula is C23H23ClN6O3S. The molecule has 9 nitrogen and oxygen atoms in total. The fourth-order valence-electron chi connectivity index (χ4n) is 3.40. The number of hydrogen-bond donors (Lipinski definition) is 3. The molecule has 0 spiro atoms. The molecule has 2 aromatic heterocycles. The molecule has 0 aliphatic heterocycles. The Morgan fingerprint density at radius 2 is 1.88 bits per heavy atom. The Morgan fingerprint density at radius 1 is 1.09 bits per heavy atom. The molecule has 2 heterocycles. The van der Waals surface area contributed by atoms with Gasteiger partial charge in [-0.25, -0.2) is 13.4 Å². The van der Waals surface area contributed by atoms with E-state index in [-0.39, 0.29) is 4.90 Å². The van der Waals surface area contributed by atoms with Crippen LogP contribution in [0.5, 0.6) is 5.75 Å². The number of anilines is 4. The second kappa shape index (κ2) is 9.32. The summed E-state index contributed by atoms with van der Waals surface area (Å²) >= 11 is 6.25. The minimum atomic E-state index is -3.32. The number of benzene rings is 2. The maximum Gasteiger partial charge on any atom is 0.229 e. The number of hydrogen-bond acceptors (Lipinski definition) is 8. The molecule has 0 saturated heterocycles. The highest BCUT2D eigenvalue weighted by Crippen LogP contribution is 2.36. The van der Waals surface area contributed by atoms with Gasteiger partial charge in [0.1, 0.15) is 10.8 Å². The standard InChI is InChI=1S/C23H23ClN6O3S/c1-13-8-19(20(33-3)11-17(13)15-6-5-7-16(10-15)34(4,31)32)26-23-25-12-18(24)22(28-23)27-21-9-14(2)29-30-21/h5-12H,1-4H3,(H3,25,26,27,28,29,30).